The van der Waals surface area contributed by atoms with Crippen molar-refractivity contribution in [2.75, 3.05) is 29.7 Å². The van der Waals surface area contributed by atoms with Gasteiger partial charge in [-0.05, 0) is 0 Å². The van der Waals surface area contributed by atoms with Gasteiger partial charge in [-0.1, -0.05) is 5.16 Å². The average molecular weight is 250 g/mol. The first-order valence-electron chi connectivity index (χ1n) is 5.22. The maximum atomic E-state index is 5.30. The Morgan fingerprint density at radius 2 is 2.06 bits per heavy atom. The Kier molecular flexibility index (Phi) is 3.53. The Hall–Kier alpha value is -2.42. The second-order valence-corrected chi connectivity index (χ2v) is 3.65. The smallest absolute Gasteiger partial charge is 0.243 e. The van der Waals surface area contributed by atoms with Gasteiger partial charge in [0.25, 0.3) is 0 Å². The maximum Gasteiger partial charge on any atom is 0.243 e. The van der Waals surface area contributed by atoms with Crippen LogP contribution in [-0.2, 0) is 6.54 Å². The minimum absolute atomic E-state index is 0.286. The maximum absolute atomic E-state index is 5.30. The predicted octanol–water partition coefficient (Wildman–Crippen LogP) is -0.177. The molecule has 0 saturated carbocycles. The third-order valence-corrected chi connectivity index (χ3v) is 2.06. The van der Waals surface area contributed by atoms with Gasteiger partial charge in [0.05, 0.1) is 12.7 Å². The molecule has 96 valence electrons. The van der Waals surface area contributed by atoms with Gasteiger partial charge in [0, 0.05) is 20.2 Å². The molecule has 18 heavy (non-hydrogen) atoms. The standard InChI is InChI=1S/C9H14N8O/c1-17(2)9-14-7(13-8(15-9)16-10)11-5-6-3-4-12-18-6/h3-4H,5,10H2,1-2H3,(H2,11,13,14,15,16). The fourth-order valence-corrected chi connectivity index (χ4v) is 1.21. The summed E-state index contributed by atoms with van der Waals surface area (Å²) in [6.45, 7) is 0.431. The molecule has 2 aromatic rings. The van der Waals surface area contributed by atoms with Crippen molar-refractivity contribution in [2.45, 2.75) is 6.54 Å². The van der Waals surface area contributed by atoms with Gasteiger partial charge in [-0.3, -0.25) is 5.43 Å². The third kappa shape index (κ3) is 2.83. The second kappa shape index (κ2) is 5.27. The van der Waals surface area contributed by atoms with Gasteiger partial charge in [-0.25, -0.2) is 5.84 Å². The molecule has 0 spiro atoms. The van der Waals surface area contributed by atoms with Crippen LogP contribution in [0, 0.1) is 0 Å². The van der Waals surface area contributed by atoms with Crippen LogP contribution in [0.1, 0.15) is 5.76 Å². The van der Waals surface area contributed by atoms with Gasteiger partial charge in [0.1, 0.15) is 0 Å². The molecule has 4 N–H and O–H groups in total. The summed E-state index contributed by atoms with van der Waals surface area (Å²) in [5.41, 5.74) is 2.39. The SMILES string of the molecule is CN(C)c1nc(NN)nc(NCc2ccno2)n1. The lowest BCUT2D eigenvalue weighted by Crippen LogP contribution is -2.19. The third-order valence-electron chi connectivity index (χ3n) is 2.06. The van der Waals surface area contributed by atoms with Gasteiger partial charge in [0.2, 0.25) is 17.8 Å². The second-order valence-electron chi connectivity index (χ2n) is 3.65. The van der Waals surface area contributed by atoms with Crippen LogP contribution < -0.4 is 21.5 Å². The predicted molar refractivity (Wildman–Crippen MR) is 65.8 cm³/mol. The number of nitrogen functional groups attached to an aromatic ring is 1. The minimum Gasteiger partial charge on any atom is -0.360 e. The number of hydrazine groups is 1. The van der Waals surface area contributed by atoms with Crippen molar-refractivity contribution in [3.8, 4) is 0 Å². The van der Waals surface area contributed by atoms with Crippen LogP contribution in [0.4, 0.5) is 17.8 Å². The average Bonchev–Trinajstić information content (AvgIpc) is 2.89. The number of aromatic nitrogens is 4. The van der Waals surface area contributed by atoms with Crippen molar-refractivity contribution in [2.24, 2.45) is 5.84 Å². The highest BCUT2D eigenvalue weighted by Crippen LogP contribution is 2.11. The summed E-state index contributed by atoms with van der Waals surface area (Å²) in [5.74, 6) is 7.17. The van der Waals surface area contributed by atoms with Gasteiger partial charge < -0.3 is 14.7 Å². The zero-order valence-electron chi connectivity index (χ0n) is 10.1. The molecular weight excluding hydrogens is 236 g/mol. The molecule has 0 aliphatic carbocycles. The summed E-state index contributed by atoms with van der Waals surface area (Å²) >= 11 is 0. The molecule has 9 heteroatoms. The van der Waals surface area contributed by atoms with Crippen molar-refractivity contribution < 1.29 is 4.52 Å². The highest BCUT2D eigenvalue weighted by Gasteiger charge is 2.07. The molecule has 2 heterocycles. The summed E-state index contributed by atoms with van der Waals surface area (Å²) in [6, 6.07) is 1.75. The Labute approximate surface area is 103 Å². The molecule has 0 amide bonds. The number of anilines is 3. The Morgan fingerprint density at radius 1 is 1.28 bits per heavy atom. The minimum atomic E-state index is 0.286. The lowest BCUT2D eigenvalue weighted by atomic mass is 10.4. The molecule has 0 atom stereocenters. The molecule has 0 fully saturated rings. The van der Waals surface area contributed by atoms with Crippen molar-refractivity contribution in [1.29, 1.82) is 0 Å². The molecule has 0 aromatic carbocycles. The fraction of sp³-hybridized carbons (Fsp3) is 0.333. The van der Waals surface area contributed by atoms with E-state index in [2.05, 4.69) is 30.9 Å². The normalized spacial score (nSPS) is 10.2. The summed E-state index contributed by atoms with van der Waals surface area (Å²) in [4.78, 5) is 14.1. The summed E-state index contributed by atoms with van der Waals surface area (Å²) in [5, 5.41) is 6.60. The van der Waals surface area contributed by atoms with E-state index in [9.17, 15) is 0 Å². The van der Waals surface area contributed by atoms with E-state index in [0.29, 0.717) is 24.2 Å². The van der Waals surface area contributed by atoms with Gasteiger partial charge in [0.15, 0.2) is 5.76 Å². The van der Waals surface area contributed by atoms with Crippen LogP contribution in [-0.4, -0.2) is 34.2 Å². The van der Waals surface area contributed by atoms with E-state index in [0.717, 1.165) is 0 Å². The molecule has 0 aliphatic heterocycles. The number of rotatable bonds is 5. The van der Waals surface area contributed by atoms with Gasteiger partial charge in [-0.15, -0.1) is 0 Å². The van der Waals surface area contributed by atoms with Crippen LogP contribution in [0.2, 0.25) is 0 Å². The van der Waals surface area contributed by atoms with Crippen LogP contribution in [0.3, 0.4) is 0 Å². The zero-order chi connectivity index (χ0) is 13.0. The number of nitrogens with one attached hydrogen (secondary N) is 2. The highest BCUT2D eigenvalue weighted by atomic mass is 16.5. The molecule has 0 radical (unpaired) electrons. The Morgan fingerprint density at radius 3 is 2.67 bits per heavy atom. The molecule has 9 nitrogen and oxygen atoms in total. The summed E-state index contributed by atoms with van der Waals surface area (Å²) < 4.78 is 4.96. The molecule has 0 bridgehead atoms. The molecule has 2 rings (SSSR count). The van der Waals surface area contributed by atoms with Crippen molar-refractivity contribution >= 4 is 17.8 Å². The first kappa shape index (κ1) is 12.0. The van der Waals surface area contributed by atoms with Crippen molar-refractivity contribution in [3.05, 3.63) is 18.0 Å². The van der Waals surface area contributed by atoms with E-state index < -0.39 is 0 Å². The quantitative estimate of drug-likeness (QED) is 0.490. The van der Waals surface area contributed by atoms with E-state index in [4.69, 9.17) is 10.4 Å². The largest absolute Gasteiger partial charge is 0.360 e. The summed E-state index contributed by atoms with van der Waals surface area (Å²) in [7, 11) is 3.66. The van der Waals surface area contributed by atoms with Gasteiger partial charge >= 0.3 is 0 Å². The molecule has 2 aromatic heterocycles. The fourth-order valence-electron chi connectivity index (χ4n) is 1.21. The molecule has 0 aliphatic rings. The van der Waals surface area contributed by atoms with Crippen molar-refractivity contribution in [1.82, 2.24) is 20.1 Å². The summed E-state index contributed by atoms with van der Waals surface area (Å²) in [6.07, 6.45) is 1.57. The molecule has 0 saturated heterocycles. The topological polar surface area (TPSA) is 118 Å². The number of hydrogen-bond donors (Lipinski definition) is 3. The van der Waals surface area contributed by atoms with Crippen molar-refractivity contribution in [3.63, 3.8) is 0 Å². The lowest BCUT2D eigenvalue weighted by molar-refractivity contribution is 0.388. The van der Waals surface area contributed by atoms with E-state index >= 15 is 0 Å². The highest BCUT2D eigenvalue weighted by molar-refractivity contribution is 5.42. The van der Waals surface area contributed by atoms with E-state index in [-0.39, 0.29) is 5.95 Å². The van der Waals surface area contributed by atoms with E-state index in [1.807, 2.05) is 14.1 Å². The van der Waals surface area contributed by atoms with Crippen LogP contribution >= 0.6 is 0 Å². The van der Waals surface area contributed by atoms with Crippen LogP contribution in [0.15, 0.2) is 16.8 Å². The zero-order valence-corrected chi connectivity index (χ0v) is 10.1. The molecular formula is C9H14N8O. The van der Waals surface area contributed by atoms with Crippen LogP contribution in [0.25, 0.3) is 0 Å². The Bertz CT molecular complexity index is 497. The molecule has 0 unspecified atom stereocenters. The number of nitrogens with zero attached hydrogens (tertiary/aromatic N) is 5. The van der Waals surface area contributed by atoms with E-state index in [1.54, 1.807) is 17.2 Å². The number of hydrogen-bond acceptors (Lipinski definition) is 9. The number of nitrogens with two attached hydrogens (primary N) is 1. The first-order chi connectivity index (χ1) is 8.69. The lowest BCUT2D eigenvalue weighted by Gasteiger charge is -2.12. The Balaban J connectivity index is 2.13. The van der Waals surface area contributed by atoms with Crippen LogP contribution in [0.5, 0.6) is 0 Å². The van der Waals surface area contributed by atoms with E-state index in [1.165, 1.54) is 0 Å². The monoisotopic (exact) mass is 250 g/mol. The first-order valence-corrected chi connectivity index (χ1v) is 5.22. The van der Waals surface area contributed by atoms with Gasteiger partial charge in [-0.2, -0.15) is 15.0 Å².